The molecule has 0 saturated carbocycles. The van der Waals surface area contributed by atoms with Crippen LogP contribution < -0.4 is 4.74 Å². The van der Waals surface area contributed by atoms with Gasteiger partial charge in [0, 0.05) is 25.9 Å². The summed E-state index contributed by atoms with van der Waals surface area (Å²) >= 11 is 0. The Kier molecular flexibility index (Phi) is 4.12. The summed E-state index contributed by atoms with van der Waals surface area (Å²) in [6.45, 7) is 2.05. The fourth-order valence-electron chi connectivity index (χ4n) is 3.18. The number of aliphatic hydroxyl groups is 1. The zero-order chi connectivity index (χ0) is 14.8. The number of aliphatic hydroxyl groups excluding tert-OH is 1. The van der Waals surface area contributed by atoms with Crippen LogP contribution in [0, 0.1) is 0 Å². The zero-order valence-electron chi connectivity index (χ0n) is 12.2. The van der Waals surface area contributed by atoms with Gasteiger partial charge >= 0.3 is 5.97 Å². The molecule has 0 aliphatic carbocycles. The third kappa shape index (κ3) is 3.04. The van der Waals surface area contributed by atoms with E-state index < -0.39 is 6.10 Å². The van der Waals surface area contributed by atoms with Crippen LogP contribution in [0.15, 0.2) is 18.2 Å². The lowest BCUT2D eigenvalue weighted by atomic mass is 10.1. The number of fused-ring (bicyclic) bond motifs is 1. The first-order valence-electron chi connectivity index (χ1n) is 7.42. The second kappa shape index (κ2) is 6.03. The first-order valence-corrected chi connectivity index (χ1v) is 7.42. The molecule has 2 aliphatic rings. The van der Waals surface area contributed by atoms with Crippen molar-refractivity contribution in [3.8, 4) is 5.75 Å². The van der Waals surface area contributed by atoms with Crippen LogP contribution in [0.3, 0.4) is 0 Å². The maximum Gasteiger partial charge on any atom is 0.323 e. The second-order valence-electron chi connectivity index (χ2n) is 5.71. The molecule has 0 unspecified atom stereocenters. The lowest BCUT2D eigenvalue weighted by Gasteiger charge is -2.21. The van der Waals surface area contributed by atoms with E-state index in [1.54, 1.807) is 0 Å². The average Bonchev–Trinajstić information content (AvgIpc) is 3.09. The van der Waals surface area contributed by atoms with Crippen molar-refractivity contribution in [3.05, 3.63) is 29.3 Å². The largest absolute Gasteiger partial charge is 0.493 e. The Morgan fingerprint density at radius 2 is 2.38 bits per heavy atom. The molecule has 21 heavy (non-hydrogen) atoms. The number of ether oxygens (including phenoxy) is 2. The molecular formula is C16H21NO4. The zero-order valence-corrected chi connectivity index (χ0v) is 12.2. The van der Waals surface area contributed by atoms with Crippen LogP contribution in [-0.4, -0.2) is 54.9 Å². The number of carbonyl (C=O) groups is 1. The molecule has 1 aromatic rings. The van der Waals surface area contributed by atoms with Gasteiger partial charge in [-0.25, -0.2) is 0 Å². The molecule has 5 nitrogen and oxygen atoms in total. The number of carbonyl (C=O) groups excluding carboxylic acids is 1. The van der Waals surface area contributed by atoms with E-state index in [9.17, 15) is 9.90 Å². The van der Waals surface area contributed by atoms with Gasteiger partial charge in [0.25, 0.3) is 0 Å². The Morgan fingerprint density at radius 3 is 3.19 bits per heavy atom. The maximum absolute atomic E-state index is 11.7. The van der Waals surface area contributed by atoms with E-state index in [1.165, 1.54) is 18.2 Å². The molecule has 0 aromatic heterocycles. The van der Waals surface area contributed by atoms with Gasteiger partial charge in [0.05, 0.1) is 19.8 Å². The van der Waals surface area contributed by atoms with Crippen LogP contribution in [0.25, 0.3) is 0 Å². The van der Waals surface area contributed by atoms with Gasteiger partial charge in [-0.05, 0) is 23.6 Å². The number of rotatable bonds is 4. The van der Waals surface area contributed by atoms with Crippen molar-refractivity contribution in [2.24, 2.45) is 0 Å². The molecule has 114 valence electrons. The van der Waals surface area contributed by atoms with E-state index in [-0.39, 0.29) is 12.0 Å². The molecule has 0 radical (unpaired) electrons. The van der Waals surface area contributed by atoms with Crippen LogP contribution in [0.5, 0.6) is 5.75 Å². The Bertz CT molecular complexity index is 531. The van der Waals surface area contributed by atoms with Crippen LogP contribution in [0.2, 0.25) is 0 Å². The highest BCUT2D eigenvalue weighted by Gasteiger charge is 2.36. The highest BCUT2D eigenvalue weighted by Crippen LogP contribution is 2.26. The minimum Gasteiger partial charge on any atom is -0.493 e. The van der Waals surface area contributed by atoms with E-state index in [0.717, 1.165) is 31.7 Å². The van der Waals surface area contributed by atoms with Crippen molar-refractivity contribution in [1.82, 2.24) is 4.90 Å². The monoisotopic (exact) mass is 291 g/mol. The van der Waals surface area contributed by atoms with Crippen molar-refractivity contribution in [2.45, 2.75) is 31.4 Å². The van der Waals surface area contributed by atoms with Gasteiger partial charge in [0.15, 0.2) is 0 Å². The van der Waals surface area contributed by atoms with Crippen LogP contribution in [-0.2, 0) is 22.4 Å². The predicted octanol–water partition coefficient (Wildman–Crippen LogP) is 0.772. The molecule has 1 aromatic carbocycles. The van der Waals surface area contributed by atoms with Gasteiger partial charge in [-0.2, -0.15) is 0 Å². The molecule has 0 spiro atoms. The van der Waals surface area contributed by atoms with Crippen LogP contribution in [0.1, 0.15) is 17.5 Å². The topological polar surface area (TPSA) is 59.0 Å². The Balaban J connectivity index is 1.62. The molecule has 1 saturated heterocycles. The number of likely N-dealkylation sites (tertiary alicyclic amines) is 1. The van der Waals surface area contributed by atoms with Gasteiger partial charge < -0.3 is 14.6 Å². The van der Waals surface area contributed by atoms with Crippen molar-refractivity contribution in [1.29, 1.82) is 0 Å². The molecule has 2 heterocycles. The number of β-amino-alcohol motifs (C(OH)–C–C–N with tert-alkyl or cyclic N) is 1. The van der Waals surface area contributed by atoms with Gasteiger partial charge in [-0.15, -0.1) is 0 Å². The van der Waals surface area contributed by atoms with Crippen molar-refractivity contribution >= 4 is 5.97 Å². The van der Waals surface area contributed by atoms with Crippen molar-refractivity contribution < 1.29 is 19.4 Å². The lowest BCUT2D eigenvalue weighted by Crippen LogP contribution is -2.38. The normalized spacial score (nSPS) is 24.7. The van der Waals surface area contributed by atoms with E-state index >= 15 is 0 Å². The van der Waals surface area contributed by atoms with E-state index in [4.69, 9.17) is 9.47 Å². The van der Waals surface area contributed by atoms with Gasteiger partial charge in [-0.1, -0.05) is 12.1 Å². The molecule has 5 heteroatoms. The summed E-state index contributed by atoms with van der Waals surface area (Å²) in [5.74, 6) is 0.733. The van der Waals surface area contributed by atoms with Gasteiger partial charge in [0.1, 0.15) is 11.8 Å². The Hall–Kier alpha value is -1.59. The Morgan fingerprint density at radius 1 is 1.52 bits per heavy atom. The molecule has 2 aliphatic heterocycles. The minimum absolute atomic E-state index is 0.256. The fourth-order valence-corrected chi connectivity index (χ4v) is 3.18. The first kappa shape index (κ1) is 14.4. The first-order chi connectivity index (χ1) is 10.2. The summed E-state index contributed by atoms with van der Waals surface area (Å²) in [6.07, 6.45) is 1.84. The second-order valence-corrected chi connectivity index (χ2v) is 5.71. The molecule has 1 fully saturated rings. The smallest absolute Gasteiger partial charge is 0.323 e. The minimum atomic E-state index is -0.442. The summed E-state index contributed by atoms with van der Waals surface area (Å²) in [4.78, 5) is 13.8. The number of hydrogen-bond acceptors (Lipinski definition) is 5. The molecule has 3 rings (SSSR count). The number of esters is 1. The molecule has 0 bridgehead atoms. The highest BCUT2D eigenvalue weighted by molar-refractivity contribution is 5.76. The summed E-state index contributed by atoms with van der Waals surface area (Å²) in [5.41, 5.74) is 2.50. The van der Waals surface area contributed by atoms with Crippen LogP contribution >= 0.6 is 0 Å². The highest BCUT2D eigenvalue weighted by atomic mass is 16.5. The molecular weight excluding hydrogens is 270 g/mol. The van der Waals surface area contributed by atoms with Gasteiger partial charge in [-0.3, -0.25) is 9.69 Å². The Labute approximate surface area is 124 Å². The molecule has 1 N–H and O–H groups in total. The number of methoxy groups -OCH3 is 1. The van der Waals surface area contributed by atoms with Crippen molar-refractivity contribution in [3.63, 3.8) is 0 Å². The molecule has 2 atom stereocenters. The average molecular weight is 291 g/mol. The van der Waals surface area contributed by atoms with E-state index in [1.807, 2.05) is 11.0 Å². The van der Waals surface area contributed by atoms with E-state index in [2.05, 4.69) is 12.1 Å². The van der Waals surface area contributed by atoms with E-state index in [0.29, 0.717) is 13.0 Å². The maximum atomic E-state index is 11.7. The van der Waals surface area contributed by atoms with Crippen molar-refractivity contribution in [2.75, 3.05) is 26.8 Å². The predicted molar refractivity (Wildman–Crippen MR) is 77.3 cm³/mol. The fraction of sp³-hybridized carbons (Fsp3) is 0.562. The number of hydrogen-bond donors (Lipinski definition) is 1. The third-order valence-corrected chi connectivity index (χ3v) is 4.30. The molecule has 0 amide bonds. The standard InChI is InChI=1S/C16H21NO4/c1-20-16(19)14-9-13(18)10-17(14)6-4-11-2-3-15-12(8-11)5-7-21-15/h2-3,8,13-14,18H,4-7,9-10H2,1H3/t13-,14+/m1/s1. The van der Waals surface area contributed by atoms with Gasteiger partial charge in [0.2, 0.25) is 0 Å². The number of nitrogens with zero attached hydrogens (tertiary/aromatic N) is 1. The van der Waals surface area contributed by atoms with Crippen LogP contribution in [0.4, 0.5) is 0 Å². The lowest BCUT2D eigenvalue weighted by molar-refractivity contribution is -0.145. The summed E-state index contributed by atoms with van der Waals surface area (Å²) in [7, 11) is 1.39. The number of benzene rings is 1. The third-order valence-electron chi connectivity index (χ3n) is 4.30. The summed E-state index contributed by atoms with van der Waals surface area (Å²) in [5, 5.41) is 9.77. The summed E-state index contributed by atoms with van der Waals surface area (Å²) < 4.78 is 10.3. The quantitative estimate of drug-likeness (QED) is 0.831. The SMILES string of the molecule is COC(=O)[C@@H]1C[C@@H](O)CN1CCc1ccc2c(c1)CCO2. The summed E-state index contributed by atoms with van der Waals surface area (Å²) in [6, 6.07) is 5.96.